The lowest BCUT2D eigenvalue weighted by Crippen LogP contribution is -2.59. The van der Waals surface area contributed by atoms with Crippen LogP contribution in [0.4, 0.5) is 0 Å². The summed E-state index contributed by atoms with van der Waals surface area (Å²) in [5, 5.41) is -0.738. The van der Waals surface area contributed by atoms with Gasteiger partial charge >= 0.3 is 29.8 Å². The second-order valence-corrected chi connectivity index (χ2v) is 7.02. The summed E-state index contributed by atoms with van der Waals surface area (Å²) in [7, 11) is 0. The lowest BCUT2D eigenvalue weighted by molar-refractivity contribution is -0.195. The van der Waals surface area contributed by atoms with Crippen molar-refractivity contribution >= 4 is 41.6 Å². The van der Waals surface area contributed by atoms with Gasteiger partial charge in [0.2, 0.25) is 0 Å². The highest BCUT2D eigenvalue weighted by molar-refractivity contribution is 8.00. The lowest BCUT2D eigenvalue weighted by Gasteiger charge is -2.43. The van der Waals surface area contributed by atoms with Gasteiger partial charge in [0, 0.05) is 34.6 Å². The maximum Gasteiger partial charge on any atom is 0.303 e. The minimum Gasteiger partial charge on any atom is -0.465 e. The molecule has 5 atom stereocenters. The Kier molecular flexibility index (Phi) is 8.54. The van der Waals surface area contributed by atoms with E-state index < -0.39 is 58.8 Å². The van der Waals surface area contributed by atoms with Gasteiger partial charge in [0.25, 0.3) is 0 Å². The molecule has 0 spiro atoms. The molecular weight excluding hydrogens is 384 g/mol. The predicted molar refractivity (Wildman–Crippen MR) is 90.2 cm³/mol. The highest BCUT2D eigenvalue weighted by atomic mass is 32.2. The summed E-state index contributed by atoms with van der Waals surface area (Å²) < 4.78 is 25.8. The third kappa shape index (κ3) is 7.45. The van der Waals surface area contributed by atoms with Crippen LogP contribution in [0.3, 0.4) is 0 Å². The zero-order chi connectivity index (χ0) is 20.7. The van der Waals surface area contributed by atoms with Gasteiger partial charge < -0.3 is 23.7 Å². The van der Waals surface area contributed by atoms with Gasteiger partial charge in [0.1, 0.15) is 6.61 Å². The number of carbonyl (C=O) groups is 5. The smallest absolute Gasteiger partial charge is 0.303 e. The van der Waals surface area contributed by atoms with Gasteiger partial charge in [-0.05, 0) is 0 Å². The third-order valence-corrected chi connectivity index (χ3v) is 4.62. The summed E-state index contributed by atoms with van der Waals surface area (Å²) in [6.07, 6.45) is -3.59. The molecule has 1 heterocycles. The molecule has 1 rings (SSSR count). The molecule has 0 aliphatic carbocycles. The Morgan fingerprint density at radius 2 is 1.07 bits per heavy atom. The molecule has 0 radical (unpaired) electrons. The second-order valence-electron chi connectivity index (χ2n) is 5.68. The van der Waals surface area contributed by atoms with Crippen molar-refractivity contribution < 1.29 is 47.7 Å². The van der Waals surface area contributed by atoms with Crippen LogP contribution >= 0.6 is 11.8 Å². The maximum atomic E-state index is 11.6. The van der Waals surface area contributed by atoms with Crippen molar-refractivity contribution in [3.05, 3.63) is 0 Å². The molecule has 5 unspecified atom stereocenters. The Morgan fingerprint density at radius 1 is 0.630 bits per heavy atom. The molecule has 0 saturated carbocycles. The van der Waals surface area contributed by atoms with Crippen molar-refractivity contribution in [2.24, 2.45) is 0 Å². The number of hydrogen-bond donors (Lipinski definition) is 0. The van der Waals surface area contributed by atoms with Gasteiger partial charge in [-0.3, -0.25) is 24.0 Å². The fraction of sp³-hybridized carbons (Fsp3) is 0.688. The number of ether oxygens (including phenoxy) is 5. The lowest BCUT2D eigenvalue weighted by atomic mass is 10.0. The minimum absolute atomic E-state index is 0.208. The number of hydrogen-bond acceptors (Lipinski definition) is 11. The Morgan fingerprint density at radius 3 is 1.52 bits per heavy atom. The van der Waals surface area contributed by atoms with E-state index in [9.17, 15) is 24.0 Å². The average molecular weight is 406 g/mol. The first-order valence-corrected chi connectivity index (χ1v) is 8.93. The minimum atomic E-state index is -1.26. The standard InChI is InChI=1S/C16H22O10S/c1-7(17)22-6-12-13(23-8(2)18)14(24-9(3)19)15(25-10(4)20)16(27-12)26-11(5)21/h12-16H,6H2,1-5H3. The quantitative estimate of drug-likeness (QED) is 0.447. The fourth-order valence-electron chi connectivity index (χ4n) is 2.45. The summed E-state index contributed by atoms with van der Waals surface area (Å²) in [6, 6.07) is 0. The predicted octanol–water partition coefficient (Wildman–Crippen LogP) is 0.349. The summed E-state index contributed by atoms with van der Waals surface area (Å²) in [5.41, 5.74) is -1.07. The van der Waals surface area contributed by atoms with Crippen LogP contribution < -0.4 is 0 Å². The van der Waals surface area contributed by atoms with Crippen LogP contribution in [0.15, 0.2) is 0 Å². The molecule has 0 N–H and O–H groups in total. The molecule has 1 saturated heterocycles. The zero-order valence-corrected chi connectivity index (χ0v) is 16.4. The molecule has 1 aliphatic heterocycles. The van der Waals surface area contributed by atoms with E-state index in [1.807, 2.05) is 0 Å². The highest BCUT2D eigenvalue weighted by Gasteiger charge is 2.53. The first-order valence-electron chi connectivity index (χ1n) is 7.99. The number of esters is 5. The van der Waals surface area contributed by atoms with E-state index in [0.717, 1.165) is 39.5 Å². The number of rotatable bonds is 6. The van der Waals surface area contributed by atoms with Gasteiger partial charge in [0.15, 0.2) is 23.7 Å². The van der Waals surface area contributed by atoms with Crippen molar-refractivity contribution in [2.75, 3.05) is 6.61 Å². The summed E-state index contributed by atoms with van der Waals surface area (Å²) >= 11 is 0.967. The fourth-order valence-corrected chi connectivity index (χ4v) is 3.86. The average Bonchev–Trinajstić information content (AvgIpc) is 2.49. The second kappa shape index (κ2) is 10.1. The van der Waals surface area contributed by atoms with E-state index in [-0.39, 0.29) is 6.61 Å². The highest BCUT2D eigenvalue weighted by Crippen LogP contribution is 2.38. The molecule has 0 aromatic carbocycles. The van der Waals surface area contributed by atoms with Gasteiger partial charge in [-0.1, -0.05) is 0 Å². The van der Waals surface area contributed by atoms with Gasteiger partial charge in [0.05, 0.1) is 5.25 Å². The van der Waals surface area contributed by atoms with Gasteiger partial charge in [-0.15, -0.1) is 11.8 Å². The van der Waals surface area contributed by atoms with E-state index in [1.165, 1.54) is 6.92 Å². The van der Waals surface area contributed by atoms with Crippen LogP contribution in [0.25, 0.3) is 0 Å². The zero-order valence-electron chi connectivity index (χ0n) is 15.6. The van der Waals surface area contributed by atoms with Crippen LogP contribution in [0.1, 0.15) is 34.6 Å². The molecule has 152 valence electrons. The number of carbonyl (C=O) groups excluding carboxylic acids is 5. The van der Waals surface area contributed by atoms with Gasteiger partial charge in [-0.2, -0.15) is 0 Å². The Labute approximate surface area is 160 Å². The molecule has 10 nitrogen and oxygen atoms in total. The largest absolute Gasteiger partial charge is 0.465 e. The number of thioether (sulfide) groups is 1. The molecule has 0 aromatic heterocycles. The molecular formula is C16H22O10S. The molecule has 11 heteroatoms. The topological polar surface area (TPSA) is 132 Å². The SMILES string of the molecule is CC(=O)OCC1SC(OC(C)=O)C(OC(C)=O)C(OC(C)=O)C1OC(C)=O. The van der Waals surface area contributed by atoms with Crippen molar-refractivity contribution in [2.45, 2.75) is 63.6 Å². The van der Waals surface area contributed by atoms with Crippen LogP contribution in [-0.4, -0.2) is 65.5 Å². The van der Waals surface area contributed by atoms with Crippen molar-refractivity contribution in [3.63, 3.8) is 0 Å². The first-order chi connectivity index (χ1) is 12.5. The van der Waals surface area contributed by atoms with Crippen molar-refractivity contribution in [1.82, 2.24) is 0 Å². The summed E-state index contributed by atoms with van der Waals surface area (Å²) in [5.74, 6) is -3.36. The van der Waals surface area contributed by atoms with E-state index in [4.69, 9.17) is 23.7 Å². The summed E-state index contributed by atoms with van der Waals surface area (Å²) in [4.78, 5) is 57.2. The van der Waals surface area contributed by atoms with E-state index in [1.54, 1.807) is 0 Å². The van der Waals surface area contributed by atoms with Crippen LogP contribution in [0, 0.1) is 0 Å². The van der Waals surface area contributed by atoms with Crippen LogP contribution in [-0.2, 0) is 47.7 Å². The normalized spacial score (nSPS) is 27.1. The van der Waals surface area contributed by atoms with E-state index >= 15 is 0 Å². The Bertz CT molecular complexity index is 604. The Hall–Kier alpha value is -2.30. The molecule has 0 bridgehead atoms. The Balaban J connectivity index is 3.29. The van der Waals surface area contributed by atoms with Crippen molar-refractivity contribution in [1.29, 1.82) is 0 Å². The molecule has 1 fully saturated rings. The van der Waals surface area contributed by atoms with Crippen LogP contribution in [0.5, 0.6) is 0 Å². The van der Waals surface area contributed by atoms with Crippen molar-refractivity contribution in [3.8, 4) is 0 Å². The first kappa shape index (κ1) is 22.7. The van der Waals surface area contributed by atoms with Gasteiger partial charge in [-0.25, -0.2) is 0 Å². The van der Waals surface area contributed by atoms with E-state index in [0.29, 0.717) is 0 Å². The molecule has 1 aliphatic rings. The van der Waals surface area contributed by atoms with E-state index in [2.05, 4.69) is 0 Å². The van der Waals surface area contributed by atoms with Crippen LogP contribution in [0.2, 0.25) is 0 Å². The molecule has 27 heavy (non-hydrogen) atoms. The third-order valence-electron chi connectivity index (χ3n) is 3.23. The molecule has 0 amide bonds. The monoisotopic (exact) mass is 406 g/mol. The maximum absolute atomic E-state index is 11.6. The summed E-state index contributed by atoms with van der Waals surface area (Å²) in [6.45, 7) is 5.55. The molecule has 0 aromatic rings.